The van der Waals surface area contributed by atoms with Crippen LogP contribution in [0.3, 0.4) is 0 Å². The molecule has 4 nitrogen and oxygen atoms in total. The maximum Gasteiger partial charge on any atom is 0.317 e. The third kappa shape index (κ3) is 4.10. The van der Waals surface area contributed by atoms with E-state index in [0.717, 1.165) is 12.8 Å². The largest absolute Gasteiger partial charge is 0.378 e. The molecule has 4 heteroatoms. The Morgan fingerprint density at radius 1 is 1.11 bits per heavy atom. The summed E-state index contributed by atoms with van der Waals surface area (Å²) in [4.78, 5) is 14.1. The van der Waals surface area contributed by atoms with Gasteiger partial charge in [-0.05, 0) is 30.1 Å². The van der Waals surface area contributed by atoms with Crippen molar-refractivity contribution in [1.29, 1.82) is 0 Å². The molecule has 0 aromatic heterocycles. The van der Waals surface area contributed by atoms with Gasteiger partial charge in [0.1, 0.15) is 0 Å². The molecule has 0 unspecified atom stereocenters. The number of urea groups is 1. The second-order valence-corrected chi connectivity index (χ2v) is 7.66. The number of hydrogen-bond acceptors (Lipinski definition) is 2. The molecule has 2 fully saturated rings. The zero-order valence-electron chi connectivity index (χ0n) is 12.8. The number of ether oxygens (including phenoxy) is 1. The molecule has 0 aromatic carbocycles. The fourth-order valence-electron chi connectivity index (χ4n) is 3.98. The number of nitrogens with zero attached hydrogens (tertiary/aromatic N) is 1. The lowest BCUT2D eigenvalue weighted by molar-refractivity contribution is 0.0471. The van der Waals surface area contributed by atoms with Gasteiger partial charge in [0.25, 0.3) is 0 Å². The van der Waals surface area contributed by atoms with Crippen molar-refractivity contribution >= 4 is 6.03 Å². The van der Waals surface area contributed by atoms with Crippen molar-refractivity contribution in [3.05, 3.63) is 0 Å². The Hall–Kier alpha value is -0.770. The Morgan fingerprint density at radius 2 is 1.63 bits per heavy atom. The van der Waals surface area contributed by atoms with E-state index in [1.54, 1.807) is 0 Å². The number of rotatable bonds is 1. The molecule has 110 valence electrons. The first-order valence-corrected chi connectivity index (χ1v) is 7.41. The van der Waals surface area contributed by atoms with Crippen LogP contribution in [0.1, 0.15) is 47.0 Å². The van der Waals surface area contributed by atoms with Crippen molar-refractivity contribution in [2.45, 2.75) is 53.0 Å². The summed E-state index contributed by atoms with van der Waals surface area (Å²) < 4.78 is 5.28. The summed E-state index contributed by atoms with van der Waals surface area (Å²) >= 11 is 0. The standard InChI is InChI=1S/C15H28N2O2/c1-14(2)9-12(10-15(3,4)11-14)16-13(18)17-5-7-19-8-6-17/h12H,5-11H2,1-4H3,(H,16,18). The fourth-order valence-corrected chi connectivity index (χ4v) is 3.98. The van der Waals surface area contributed by atoms with Gasteiger partial charge >= 0.3 is 6.03 Å². The Kier molecular flexibility index (Phi) is 4.09. The highest BCUT2D eigenvalue weighted by Crippen LogP contribution is 2.45. The first-order chi connectivity index (χ1) is 8.77. The summed E-state index contributed by atoms with van der Waals surface area (Å²) in [6, 6.07) is 0.385. The number of carbonyl (C=O) groups is 1. The van der Waals surface area contributed by atoms with Crippen LogP contribution < -0.4 is 5.32 Å². The predicted molar refractivity (Wildman–Crippen MR) is 76.1 cm³/mol. The van der Waals surface area contributed by atoms with E-state index in [1.807, 2.05) is 4.90 Å². The molecule has 2 aliphatic rings. The Morgan fingerprint density at radius 3 is 2.16 bits per heavy atom. The number of hydrogen-bond donors (Lipinski definition) is 1. The molecule has 1 aliphatic carbocycles. The highest BCUT2D eigenvalue weighted by atomic mass is 16.5. The van der Waals surface area contributed by atoms with Crippen molar-refractivity contribution < 1.29 is 9.53 Å². The van der Waals surface area contributed by atoms with Gasteiger partial charge in [-0.15, -0.1) is 0 Å². The highest BCUT2D eigenvalue weighted by molar-refractivity contribution is 5.74. The summed E-state index contributed by atoms with van der Waals surface area (Å²) in [5.41, 5.74) is 0.620. The number of nitrogens with one attached hydrogen (secondary N) is 1. The maximum absolute atomic E-state index is 12.2. The molecular formula is C15H28N2O2. The van der Waals surface area contributed by atoms with Crippen LogP contribution in [0.2, 0.25) is 0 Å². The van der Waals surface area contributed by atoms with Crippen LogP contribution in [-0.2, 0) is 4.74 Å². The van der Waals surface area contributed by atoms with Crippen LogP contribution in [0, 0.1) is 10.8 Å². The van der Waals surface area contributed by atoms with E-state index in [0.29, 0.717) is 43.2 Å². The van der Waals surface area contributed by atoms with Crippen LogP contribution in [0.15, 0.2) is 0 Å². The number of carbonyl (C=O) groups excluding carboxylic acids is 1. The van der Waals surface area contributed by atoms with Crippen LogP contribution >= 0.6 is 0 Å². The molecule has 2 amide bonds. The van der Waals surface area contributed by atoms with Crippen molar-refractivity contribution in [2.75, 3.05) is 26.3 Å². The van der Waals surface area contributed by atoms with Gasteiger partial charge in [-0.2, -0.15) is 0 Å². The molecule has 19 heavy (non-hydrogen) atoms. The van der Waals surface area contributed by atoms with E-state index >= 15 is 0 Å². The third-order valence-electron chi connectivity index (χ3n) is 4.18. The molecule has 1 heterocycles. The van der Waals surface area contributed by atoms with Gasteiger partial charge in [0, 0.05) is 19.1 Å². The monoisotopic (exact) mass is 268 g/mol. The molecule has 1 N–H and O–H groups in total. The summed E-state index contributed by atoms with van der Waals surface area (Å²) in [6.07, 6.45) is 3.38. The first kappa shape index (κ1) is 14.6. The lowest BCUT2D eigenvalue weighted by Gasteiger charge is -2.45. The number of amides is 2. The van der Waals surface area contributed by atoms with E-state index in [-0.39, 0.29) is 6.03 Å². The molecule has 0 spiro atoms. The van der Waals surface area contributed by atoms with Gasteiger partial charge in [0.15, 0.2) is 0 Å². The minimum atomic E-state index is 0.0850. The van der Waals surface area contributed by atoms with E-state index in [9.17, 15) is 4.79 Å². The summed E-state index contributed by atoms with van der Waals surface area (Å²) in [6.45, 7) is 12.0. The molecule has 1 saturated carbocycles. The van der Waals surface area contributed by atoms with Gasteiger partial charge in [0.2, 0.25) is 0 Å². The SMILES string of the molecule is CC1(C)CC(NC(=O)N2CCOCC2)CC(C)(C)C1. The highest BCUT2D eigenvalue weighted by Gasteiger charge is 2.39. The van der Waals surface area contributed by atoms with Crippen LogP contribution in [0.25, 0.3) is 0 Å². The van der Waals surface area contributed by atoms with Crippen molar-refractivity contribution in [2.24, 2.45) is 10.8 Å². The summed E-state index contributed by atoms with van der Waals surface area (Å²) in [7, 11) is 0. The Labute approximate surface area is 116 Å². The normalized spacial score (nSPS) is 27.1. The van der Waals surface area contributed by atoms with Crippen LogP contribution in [0.5, 0.6) is 0 Å². The average Bonchev–Trinajstić information content (AvgIpc) is 2.25. The molecule has 0 radical (unpaired) electrons. The van der Waals surface area contributed by atoms with Gasteiger partial charge in [0.05, 0.1) is 13.2 Å². The Balaban J connectivity index is 1.92. The predicted octanol–water partition coefficient (Wildman–Crippen LogP) is 2.63. The second-order valence-electron chi connectivity index (χ2n) is 7.66. The molecular weight excluding hydrogens is 240 g/mol. The van der Waals surface area contributed by atoms with Crippen molar-refractivity contribution in [1.82, 2.24) is 10.2 Å². The second kappa shape index (κ2) is 5.31. The smallest absolute Gasteiger partial charge is 0.317 e. The third-order valence-corrected chi connectivity index (χ3v) is 4.18. The van der Waals surface area contributed by atoms with Crippen LogP contribution in [0.4, 0.5) is 4.79 Å². The van der Waals surface area contributed by atoms with Gasteiger partial charge in [-0.25, -0.2) is 4.79 Å². The summed E-state index contributed by atoms with van der Waals surface area (Å²) in [5, 5.41) is 3.23. The van der Waals surface area contributed by atoms with Crippen molar-refractivity contribution in [3.8, 4) is 0 Å². The first-order valence-electron chi connectivity index (χ1n) is 7.41. The molecule has 1 saturated heterocycles. The van der Waals surface area contributed by atoms with Crippen molar-refractivity contribution in [3.63, 3.8) is 0 Å². The van der Waals surface area contributed by atoms with E-state index < -0.39 is 0 Å². The van der Waals surface area contributed by atoms with Crippen LogP contribution in [-0.4, -0.2) is 43.3 Å². The quantitative estimate of drug-likeness (QED) is 0.794. The van der Waals surface area contributed by atoms with Gasteiger partial charge in [-0.3, -0.25) is 0 Å². The molecule has 1 aliphatic heterocycles. The van der Waals surface area contributed by atoms with E-state index in [4.69, 9.17) is 4.74 Å². The fraction of sp³-hybridized carbons (Fsp3) is 0.933. The van der Waals surface area contributed by atoms with Gasteiger partial charge < -0.3 is 15.0 Å². The lowest BCUT2D eigenvalue weighted by Crippen LogP contribution is -2.52. The zero-order valence-corrected chi connectivity index (χ0v) is 12.8. The summed E-state index contributed by atoms with van der Waals surface area (Å²) in [5.74, 6) is 0. The van der Waals surface area contributed by atoms with E-state index in [1.165, 1.54) is 6.42 Å². The average molecular weight is 268 g/mol. The lowest BCUT2D eigenvalue weighted by atomic mass is 9.63. The van der Waals surface area contributed by atoms with Gasteiger partial charge in [-0.1, -0.05) is 27.7 Å². The molecule has 2 rings (SSSR count). The molecule has 0 atom stereocenters. The molecule has 0 aromatic rings. The zero-order chi connectivity index (χ0) is 14.1. The number of morpholine rings is 1. The molecule has 0 bridgehead atoms. The topological polar surface area (TPSA) is 41.6 Å². The minimum Gasteiger partial charge on any atom is -0.378 e. The minimum absolute atomic E-state index is 0.0850. The Bertz CT molecular complexity index is 317. The maximum atomic E-state index is 12.2. The van der Waals surface area contributed by atoms with E-state index in [2.05, 4.69) is 33.0 Å².